The van der Waals surface area contributed by atoms with Gasteiger partial charge in [-0.05, 0) is 25.5 Å². The summed E-state index contributed by atoms with van der Waals surface area (Å²) in [5.74, 6) is 1.59. The number of anilines is 2. The fourth-order valence-corrected chi connectivity index (χ4v) is 3.15. The van der Waals surface area contributed by atoms with Crippen LogP contribution in [0.4, 0.5) is 16.2 Å². The number of aromatic nitrogens is 2. The second-order valence-electron chi connectivity index (χ2n) is 4.29. The van der Waals surface area contributed by atoms with Gasteiger partial charge in [-0.15, -0.1) is 0 Å². The van der Waals surface area contributed by atoms with E-state index in [1.54, 1.807) is 0 Å². The first-order valence-corrected chi connectivity index (χ1v) is 7.46. The van der Waals surface area contributed by atoms with E-state index in [-0.39, 0.29) is 0 Å². The summed E-state index contributed by atoms with van der Waals surface area (Å²) in [6.07, 6.45) is 4.98. The van der Waals surface area contributed by atoms with Crippen molar-refractivity contribution in [3.05, 3.63) is 12.0 Å². The van der Waals surface area contributed by atoms with Crippen molar-refractivity contribution in [1.82, 2.24) is 9.97 Å². The van der Waals surface area contributed by atoms with Gasteiger partial charge in [0.1, 0.15) is 0 Å². The third-order valence-corrected chi connectivity index (χ3v) is 4.25. The molecule has 1 saturated heterocycles. The first kappa shape index (κ1) is 13.4. The molecule has 2 rings (SSSR count). The lowest BCUT2D eigenvalue weighted by molar-refractivity contribution is 0.614. The summed E-state index contributed by atoms with van der Waals surface area (Å²) in [6, 6.07) is 0. The number of hydrogen-bond acceptors (Lipinski definition) is 5. The Labute approximate surface area is 111 Å². The Morgan fingerprint density at radius 1 is 1.44 bits per heavy atom. The molecule has 0 amide bonds. The molecule has 1 aromatic rings. The van der Waals surface area contributed by atoms with Crippen molar-refractivity contribution in [3.63, 3.8) is 0 Å². The van der Waals surface area contributed by atoms with Gasteiger partial charge in [-0.25, -0.2) is 9.37 Å². The average molecular weight is 270 g/mol. The van der Waals surface area contributed by atoms with E-state index in [4.69, 9.17) is 0 Å². The van der Waals surface area contributed by atoms with Crippen LogP contribution >= 0.6 is 11.8 Å². The zero-order chi connectivity index (χ0) is 12.8. The molecular weight excluding hydrogens is 251 g/mol. The monoisotopic (exact) mass is 270 g/mol. The quantitative estimate of drug-likeness (QED) is 0.861. The molecule has 0 spiro atoms. The number of nitrogens with one attached hydrogen (secondary N) is 2. The van der Waals surface area contributed by atoms with Gasteiger partial charge in [-0.1, -0.05) is 6.42 Å². The number of rotatable bonds is 5. The largest absolute Gasteiger partial charge is 0.366 e. The molecule has 0 radical (unpaired) electrons. The van der Waals surface area contributed by atoms with Gasteiger partial charge < -0.3 is 10.6 Å². The van der Waals surface area contributed by atoms with Crippen molar-refractivity contribution in [2.75, 3.05) is 29.5 Å². The van der Waals surface area contributed by atoms with Crippen LogP contribution in [0.3, 0.4) is 0 Å². The van der Waals surface area contributed by atoms with Crippen molar-refractivity contribution in [1.29, 1.82) is 0 Å². The lowest BCUT2D eigenvalue weighted by Gasteiger charge is -2.21. The average Bonchev–Trinajstić information content (AvgIpc) is 2.41. The zero-order valence-electron chi connectivity index (χ0n) is 10.6. The molecule has 1 aliphatic rings. The number of halogens is 1. The van der Waals surface area contributed by atoms with Crippen molar-refractivity contribution in [2.45, 2.75) is 31.4 Å². The maximum Gasteiger partial charge on any atom is 0.224 e. The van der Waals surface area contributed by atoms with E-state index in [1.807, 2.05) is 18.7 Å². The maximum atomic E-state index is 13.5. The van der Waals surface area contributed by atoms with E-state index in [0.717, 1.165) is 13.1 Å². The summed E-state index contributed by atoms with van der Waals surface area (Å²) >= 11 is 1.96. The minimum atomic E-state index is -0.391. The summed E-state index contributed by atoms with van der Waals surface area (Å²) in [6.45, 7) is 3.45. The van der Waals surface area contributed by atoms with E-state index in [9.17, 15) is 4.39 Å². The fraction of sp³-hybridized carbons (Fsp3) is 0.667. The third kappa shape index (κ3) is 3.73. The number of nitrogens with zero attached hydrogens (tertiary/aromatic N) is 2. The minimum absolute atomic E-state index is 0.298. The summed E-state index contributed by atoms with van der Waals surface area (Å²) in [5.41, 5.74) is 0. The number of thioether (sulfide) groups is 1. The van der Waals surface area contributed by atoms with Crippen LogP contribution in [0.25, 0.3) is 0 Å². The van der Waals surface area contributed by atoms with Crippen LogP contribution in [0.1, 0.15) is 26.2 Å². The molecule has 0 saturated carbocycles. The molecule has 1 unspecified atom stereocenters. The molecule has 0 bridgehead atoms. The fourth-order valence-electron chi connectivity index (χ4n) is 1.91. The van der Waals surface area contributed by atoms with Gasteiger partial charge >= 0.3 is 0 Å². The van der Waals surface area contributed by atoms with Gasteiger partial charge in [0.2, 0.25) is 5.95 Å². The van der Waals surface area contributed by atoms with E-state index in [2.05, 4.69) is 20.6 Å². The molecule has 2 heterocycles. The summed E-state index contributed by atoms with van der Waals surface area (Å²) in [7, 11) is 0. The van der Waals surface area contributed by atoms with Crippen LogP contribution in [0.15, 0.2) is 6.20 Å². The van der Waals surface area contributed by atoms with Crippen LogP contribution in [-0.4, -0.2) is 34.1 Å². The van der Waals surface area contributed by atoms with Crippen LogP contribution in [0, 0.1) is 5.82 Å². The van der Waals surface area contributed by atoms with E-state index in [0.29, 0.717) is 17.0 Å². The second kappa shape index (κ2) is 6.78. The van der Waals surface area contributed by atoms with Crippen molar-refractivity contribution < 1.29 is 4.39 Å². The van der Waals surface area contributed by atoms with Crippen molar-refractivity contribution >= 4 is 23.5 Å². The lowest BCUT2D eigenvalue weighted by Crippen LogP contribution is -2.21. The Balaban J connectivity index is 1.92. The van der Waals surface area contributed by atoms with E-state index < -0.39 is 5.82 Å². The van der Waals surface area contributed by atoms with Crippen LogP contribution in [0.2, 0.25) is 0 Å². The molecule has 18 heavy (non-hydrogen) atoms. The van der Waals surface area contributed by atoms with Gasteiger partial charge in [0, 0.05) is 18.3 Å². The van der Waals surface area contributed by atoms with Crippen molar-refractivity contribution in [2.24, 2.45) is 0 Å². The second-order valence-corrected chi connectivity index (χ2v) is 5.70. The van der Waals surface area contributed by atoms with E-state index >= 15 is 0 Å². The predicted molar refractivity (Wildman–Crippen MR) is 74.7 cm³/mol. The summed E-state index contributed by atoms with van der Waals surface area (Å²) < 4.78 is 13.5. The Kier molecular flexibility index (Phi) is 5.04. The molecule has 1 aromatic heterocycles. The maximum absolute atomic E-state index is 13.5. The highest BCUT2D eigenvalue weighted by Crippen LogP contribution is 2.25. The summed E-state index contributed by atoms with van der Waals surface area (Å²) in [5, 5.41) is 6.64. The van der Waals surface area contributed by atoms with Gasteiger partial charge in [-0.2, -0.15) is 16.7 Å². The molecule has 4 nitrogen and oxygen atoms in total. The SMILES string of the molecule is CCNc1ncc(F)c(NCC2CCCCS2)n1. The number of hydrogen-bond donors (Lipinski definition) is 2. The molecule has 0 aliphatic carbocycles. The van der Waals surface area contributed by atoms with Gasteiger partial charge in [0.05, 0.1) is 6.20 Å². The zero-order valence-corrected chi connectivity index (χ0v) is 11.4. The third-order valence-electron chi connectivity index (χ3n) is 2.85. The molecule has 2 N–H and O–H groups in total. The highest BCUT2D eigenvalue weighted by atomic mass is 32.2. The molecule has 100 valence electrons. The van der Waals surface area contributed by atoms with Crippen LogP contribution < -0.4 is 10.6 Å². The first-order chi connectivity index (χ1) is 8.79. The topological polar surface area (TPSA) is 49.8 Å². The smallest absolute Gasteiger partial charge is 0.224 e. The Hall–Kier alpha value is -1.04. The van der Waals surface area contributed by atoms with E-state index in [1.165, 1.54) is 31.2 Å². The Morgan fingerprint density at radius 3 is 3.06 bits per heavy atom. The minimum Gasteiger partial charge on any atom is -0.366 e. The van der Waals surface area contributed by atoms with Crippen LogP contribution in [-0.2, 0) is 0 Å². The highest BCUT2D eigenvalue weighted by molar-refractivity contribution is 7.99. The Morgan fingerprint density at radius 2 is 2.33 bits per heavy atom. The molecule has 1 aliphatic heterocycles. The standard InChI is InChI=1S/C12H19FN4S/c1-2-14-12-16-8-10(13)11(17-12)15-7-9-5-3-4-6-18-9/h8-9H,2-7H2,1H3,(H2,14,15,16,17). The van der Waals surface area contributed by atoms with Gasteiger partial charge in [0.25, 0.3) is 0 Å². The first-order valence-electron chi connectivity index (χ1n) is 6.41. The molecule has 1 atom stereocenters. The van der Waals surface area contributed by atoms with Gasteiger partial charge in [-0.3, -0.25) is 0 Å². The predicted octanol–water partition coefficient (Wildman–Crippen LogP) is 2.75. The van der Waals surface area contributed by atoms with Gasteiger partial charge in [0.15, 0.2) is 11.6 Å². The molecule has 1 fully saturated rings. The van der Waals surface area contributed by atoms with Crippen molar-refractivity contribution in [3.8, 4) is 0 Å². The lowest BCUT2D eigenvalue weighted by atomic mass is 10.2. The van der Waals surface area contributed by atoms with Crippen LogP contribution in [0.5, 0.6) is 0 Å². The molecular formula is C12H19FN4S. The molecule has 6 heteroatoms. The Bertz CT molecular complexity index is 382. The molecule has 0 aromatic carbocycles. The highest BCUT2D eigenvalue weighted by Gasteiger charge is 2.15. The normalized spacial score (nSPS) is 19.6. The summed E-state index contributed by atoms with van der Waals surface area (Å²) in [4.78, 5) is 8.01.